The molecule has 0 saturated heterocycles. The third-order valence-corrected chi connectivity index (χ3v) is 5.65. The van der Waals surface area contributed by atoms with Gasteiger partial charge in [0.05, 0.1) is 22.6 Å². The molecule has 0 N–H and O–H groups in total. The molecule has 4 aromatic rings. The van der Waals surface area contributed by atoms with Gasteiger partial charge in [-0.3, -0.25) is 14.3 Å². The van der Waals surface area contributed by atoms with E-state index in [0.29, 0.717) is 23.6 Å². The van der Waals surface area contributed by atoms with Crippen molar-refractivity contribution in [1.29, 1.82) is 0 Å². The molecule has 0 bridgehead atoms. The van der Waals surface area contributed by atoms with E-state index in [-0.39, 0.29) is 11.0 Å². The van der Waals surface area contributed by atoms with Gasteiger partial charge in [0.2, 0.25) is 0 Å². The molecule has 0 atom stereocenters. The Bertz CT molecular complexity index is 1400. The van der Waals surface area contributed by atoms with Crippen molar-refractivity contribution in [3.8, 4) is 22.8 Å². The normalized spacial score (nSPS) is 11.5. The predicted molar refractivity (Wildman–Crippen MR) is 135 cm³/mol. The number of nitrogens with zero attached hydrogens (tertiary/aromatic N) is 4. The Morgan fingerprint density at radius 1 is 0.912 bits per heavy atom. The molecule has 6 heteroatoms. The molecule has 0 saturated carbocycles. The van der Waals surface area contributed by atoms with E-state index in [4.69, 9.17) is 9.72 Å². The molecule has 3 aromatic heterocycles. The van der Waals surface area contributed by atoms with E-state index in [1.54, 1.807) is 23.9 Å². The summed E-state index contributed by atoms with van der Waals surface area (Å²) in [5.74, 6) is 1.34. The number of ether oxygens (including phenoxy) is 1. The maximum absolute atomic E-state index is 13.3. The molecule has 1 aromatic carbocycles. The summed E-state index contributed by atoms with van der Waals surface area (Å²) in [5.41, 5.74) is 5.45. The number of benzene rings is 1. The molecule has 3 heterocycles. The van der Waals surface area contributed by atoms with E-state index in [2.05, 4.69) is 49.8 Å². The molecular formula is C28H30N4O2. The monoisotopic (exact) mass is 454 g/mol. The zero-order chi connectivity index (χ0) is 24.5. The Morgan fingerprint density at radius 2 is 1.68 bits per heavy atom. The van der Waals surface area contributed by atoms with Crippen LogP contribution in [0.15, 0.2) is 65.7 Å². The second-order valence-electron chi connectivity index (χ2n) is 9.61. The lowest BCUT2D eigenvalue weighted by molar-refractivity contribution is 0.302. The fourth-order valence-electron chi connectivity index (χ4n) is 3.79. The summed E-state index contributed by atoms with van der Waals surface area (Å²) in [6.45, 7) is 12.4. The molecule has 0 radical (unpaired) electrons. The van der Waals surface area contributed by atoms with Crippen LogP contribution in [-0.4, -0.2) is 19.5 Å². The highest BCUT2D eigenvalue weighted by atomic mass is 16.5. The van der Waals surface area contributed by atoms with E-state index >= 15 is 0 Å². The van der Waals surface area contributed by atoms with Gasteiger partial charge in [-0.2, -0.15) is 0 Å². The molecule has 174 valence electrons. The van der Waals surface area contributed by atoms with Crippen LogP contribution in [0.5, 0.6) is 5.75 Å². The summed E-state index contributed by atoms with van der Waals surface area (Å²) < 4.78 is 7.71. The van der Waals surface area contributed by atoms with E-state index in [1.165, 1.54) is 5.56 Å². The van der Waals surface area contributed by atoms with Crippen LogP contribution in [0.3, 0.4) is 0 Å². The van der Waals surface area contributed by atoms with E-state index in [0.717, 1.165) is 28.5 Å². The standard InChI is InChI=1S/C28H30N4O2/c1-18-8-7-9-21(14-18)17-34-25-15-19(2)32(26(33)20(25)3)22-10-12-29-24(16-22)23-11-13-30-27(31-23)28(4,5)6/h7-16H,17H2,1-6H3. The van der Waals surface area contributed by atoms with Crippen molar-refractivity contribution >= 4 is 0 Å². The Kier molecular flexibility index (Phi) is 6.33. The molecule has 0 aliphatic rings. The van der Waals surface area contributed by atoms with Gasteiger partial charge in [-0.15, -0.1) is 0 Å². The van der Waals surface area contributed by atoms with Gasteiger partial charge < -0.3 is 4.74 Å². The quantitative estimate of drug-likeness (QED) is 0.399. The van der Waals surface area contributed by atoms with Crippen LogP contribution >= 0.6 is 0 Å². The molecule has 0 aliphatic carbocycles. The van der Waals surface area contributed by atoms with Gasteiger partial charge in [0.1, 0.15) is 18.2 Å². The van der Waals surface area contributed by atoms with Crippen molar-refractivity contribution in [1.82, 2.24) is 19.5 Å². The highest BCUT2D eigenvalue weighted by molar-refractivity contribution is 5.57. The summed E-state index contributed by atoms with van der Waals surface area (Å²) in [6.07, 6.45) is 3.45. The van der Waals surface area contributed by atoms with Crippen LogP contribution in [0.2, 0.25) is 0 Å². The topological polar surface area (TPSA) is 69.9 Å². The number of hydrogen-bond acceptors (Lipinski definition) is 5. The second kappa shape index (κ2) is 9.21. The first-order chi connectivity index (χ1) is 16.1. The zero-order valence-corrected chi connectivity index (χ0v) is 20.6. The van der Waals surface area contributed by atoms with Gasteiger partial charge in [-0.25, -0.2) is 9.97 Å². The van der Waals surface area contributed by atoms with E-state index in [1.807, 2.05) is 43.3 Å². The summed E-state index contributed by atoms with van der Waals surface area (Å²) in [4.78, 5) is 27.0. The average molecular weight is 455 g/mol. The number of rotatable bonds is 5. The van der Waals surface area contributed by atoms with Crippen molar-refractivity contribution in [2.75, 3.05) is 0 Å². The molecular weight excluding hydrogens is 424 g/mol. The first kappa shape index (κ1) is 23.4. The largest absolute Gasteiger partial charge is 0.488 e. The lowest BCUT2D eigenvalue weighted by Crippen LogP contribution is -2.23. The SMILES string of the molecule is Cc1cccc(COc2cc(C)n(-c3ccnc(-c4ccnc(C(C)(C)C)n4)c3)c(=O)c2C)c1. The van der Waals surface area contributed by atoms with Crippen LogP contribution in [0.1, 0.15) is 49.0 Å². The van der Waals surface area contributed by atoms with Gasteiger partial charge >= 0.3 is 0 Å². The number of pyridine rings is 2. The van der Waals surface area contributed by atoms with Crippen LogP contribution in [0.4, 0.5) is 0 Å². The molecule has 0 unspecified atom stereocenters. The molecule has 0 fully saturated rings. The smallest absolute Gasteiger partial charge is 0.261 e. The van der Waals surface area contributed by atoms with E-state index in [9.17, 15) is 4.79 Å². The summed E-state index contributed by atoms with van der Waals surface area (Å²) in [6, 6.07) is 15.6. The molecule has 0 aliphatic heterocycles. The average Bonchev–Trinajstić information content (AvgIpc) is 2.80. The minimum atomic E-state index is -0.174. The van der Waals surface area contributed by atoms with Crippen molar-refractivity contribution in [2.24, 2.45) is 0 Å². The first-order valence-electron chi connectivity index (χ1n) is 11.4. The van der Waals surface area contributed by atoms with Gasteiger partial charge in [0.25, 0.3) is 5.56 Å². The summed E-state index contributed by atoms with van der Waals surface area (Å²) in [7, 11) is 0. The van der Waals surface area contributed by atoms with Gasteiger partial charge in [-0.05, 0) is 44.5 Å². The Morgan fingerprint density at radius 3 is 2.41 bits per heavy atom. The van der Waals surface area contributed by atoms with Crippen molar-refractivity contribution in [3.05, 3.63) is 99.5 Å². The molecule has 34 heavy (non-hydrogen) atoms. The Balaban J connectivity index is 1.68. The molecule has 4 rings (SSSR count). The van der Waals surface area contributed by atoms with Crippen molar-refractivity contribution in [3.63, 3.8) is 0 Å². The maximum atomic E-state index is 13.3. The fourth-order valence-corrected chi connectivity index (χ4v) is 3.79. The van der Waals surface area contributed by atoms with Crippen molar-refractivity contribution in [2.45, 2.75) is 53.6 Å². The Labute approximate surface area is 200 Å². The van der Waals surface area contributed by atoms with Crippen LogP contribution in [0.25, 0.3) is 17.1 Å². The summed E-state index contributed by atoms with van der Waals surface area (Å²) >= 11 is 0. The van der Waals surface area contributed by atoms with Crippen LogP contribution < -0.4 is 10.3 Å². The van der Waals surface area contributed by atoms with Crippen LogP contribution in [-0.2, 0) is 12.0 Å². The predicted octanol–water partition coefficient (Wildman–Crippen LogP) is 5.49. The Hall–Kier alpha value is -3.80. The minimum Gasteiger partial charge on any atom is -0.488 e. The number of hydrogen-bond donors (Lipinski definition) is 0. The fraction of sp³-hybridized carbons (Fsp3) is 0.286. The van der Waals surface area contributed by atoms with Gasteiger partial charge in [0.15, 0.2) is 0 Å². The number of aromatic nitrogens is 4. The maximum Gasteiger partial charge on any atom is 0.261 e. The summed E-state index contributed by atoms with van der Waals surface area (Å²) in [5, 5.41) is 0. The van der Waals surface area contributed by atoms with Crippen molar-refractivity contribution < 1.29 is 4.74 Å². The highest BCUT2D eigenvalue weighted by Crippen LogP contribution is 2.24. The first-order valence-corrected chi connectivity index (χ1v) is 11.4. The lowest BCUT2D eigenvalue weighted by Gasteiger charge is -2.17. The molecule has 0 amide bonds. The van der Waals surface area contributed by atoms with Gasteiger partial charge in [0, 0.05) is 29.6 Å². The highest BCUT2D eigenvalue weighted by Gasteiger charge is 2.18. The molecule has 6 nitrogen and oxygen atoms in total. The molecule has 0 spiro atoms. The zero-order valence-electron chi connectivity index (χ0n) is 20.6. The third kappa shape index (κ3) is 4.91. The minimum absolute atomic E-state index is 0.116. The van der Waals surface area contributed by atoms with Crippen LogP contribution in [0, 0.1) is 20.8 Å². The lowest BCUT2D eigenvalue weighted by atomic mass is 9.95. The second-order valence-corrected chi connectivity index (χ2v) is 9.61. The van der Waals surface area contributed by atoms with Gasteiger partial charge in [-0.1, -0.05) is 50.6 Å². The van der Waals surface area contributed by atoms with E-state index < -0.39 is 0 Å². The number of aryl methyl sites for hydroxylation is 2. The third-order valence-electron chi connectivity index (χ3n) is 5.65.